The average molecular weight is 207 g/mol. The Kier molecular flexibility index (Phi) is 2.80. The van der Waals surface area contributed by atoms with Crippen LogP contribution in [0.1, 0.15) is 24.1 Å². The third-order valence-corrected chi connectivity index (χ3v) is 1.82. The van der Waals surface area contributed by atoms with Crippen LogP contribution in [0, 0.1) is 5.82 Å². The van der Waals surface area contributed by atoms with Crippen LogP contribution in [0.3, 0.4) is 0 Å². The lowest BCUT2D eigenvalue weighted by atomic mass is 10.0. The highest BCUT2D eigenvalue weighted by atomic mass is 19.4. The van der Waals surface area contributed by atoms with Gasteiger partial charge in [0, 0.05) is 11.6 Å². The van der Waals surface area contributed by atoms with E-state index in [2.05, 4.69) is 0 Å². The van der Waals surface area contributed by atoms with Crippen LogP contribution < -0.4 is 5.73 Å². The summed E-state index contributed by atoms with van der Waals surface area (Å²) in [5, 5.41) is 0. The van der Waals surface area contributed by atoms with Gasteiger partial charge in [-0.3, -0.25) is 0 Å². The first-order valence-electron chi connectivity index (χ1n) is 3.95. The summed E-state index contributed by atoms with van der Waals surface area (Å²) in [4.78, 5) is 0. The standard InChI is InChI=1S/C9H9F4N/c1-5(14)6-3-2-4-7(8(6)10)9(11,12)13/h2-5H,14H2,1H3/t5-/m0/s1. The van der Waals surface area contributed by atoms with Gasteiger partial charge in [-0.25, -0.2) is 4.39 Å². The minimum Gasteiger partial charge on any atom is -0.324 e. The van der Waals surface area contributed by atoms with E-state index in [0.717, 1.165) is 6.07 Å². The van der Waals surface area contributed by atoms with E-state index < -0.39 is 23.6 Å². The molecule has 78 valence electrons. The van der Waals surface area contributed by atoms with Crippen molar-refractivity contribution < 1.29 is 17.6 Å². The van der Waals surface area contributed by atoms with Crippen molar-refractivity contribution in [3.05, 3.63) is 35.1 Å². The van der Waals surface area contributed by atoms with E-state index in [-0.39, 0.29) is 5.56 Å². The highest BCUT2D eigenvalue weighted by molar-refractivity contribution is 5.29. The number of halogens is 4. The lowest BCUT2D eigenvalue weighted by molar-refractivity contribution is -0.140. The topological polar surface area (TPSA) is 26.0 Å². The van der Waals surface area contributed by atoms with Crippen molar-refractivity contribution in [2.75, 3.05) is 0 Å². The molecule has 0 heterocycles. The van der Waals surface area contributed by atoms with Gasteiger partial charge in [0.1, 0.15) is 5.82 Å². The number of benzene rings is 1. The molecular weight excluding hydrogens is 198 g/mol. The highest BCUT2D eigenvalue weighted by Crippen LogP contribution is 2.33. The number of hydrogen-bond acceptors (Lipinski definition) is 1. The molecule has 1 aromatic carbocycles. The summed E-state index contributed by atoms with van der Waals surface area (Å²) in [5.41, 5.74) is 3.92. The summed E-state index contributed by atoms with van der Waals surface area (Å²) >= 11 is 0. The Balaban J connectivity index is 3.28. The molecule has 0 saturated heterocycles. The maximum absolute atomic E-state index is 13.2. The van der Waals surface area contributed by atoms with Crippen LogP contribution in [-0.4, -0.2) is 0 Å². The minimum absolute atomic E-state index is 0.125. The zero-order valence-corrected chi connectivity index (χ0v) is 7.40. The Morgan fingerprint density at radius 2 is 1.86 bits per heavy atom. The molecule has 1 atom stereocenters. The fourth-order valence-corrected chi connectivity index (χ4v) is 1.12. The fourth-order valence-electron chi connectivity index (χ4n) is 1.12. The number of nitrogens with two attached hydrogens (primary N) is 1. The van der Waals surface area contributed by atoms with Gasteiger partial charge < -0.3 is 5.73 Å². The third kappa shape index (κ3) is 2.04. The molecule has 0 fully saturated rings. The van der Waals surface area contributed by atoms with Crippen molar-refractivity contribution >= 4 is 0 Å². The summed E-state index contributed by atoms with van der Waals surface area (Å²) in [6.45, 7) is 1.43. The van der Waals surface area contributed by atoms with Gasteiger partial charge in [-0.05, 0) is 13.0 Å². The van der Waals surface area contributed by atoms with E-state index in [4.69, 9.17) is 5.73 Å². The maximum atomic E-state index is 13.2. The smallest absolute Gasteiger partial charge is 0.324 e. The van der Waals surface area contributed by atoms with Gasteiger partial charge in [0.2, 0.25) is 0 Å². The van der Waals surface area contributed by atoms with Crippen LogP contribution in [0.5, 0.6) is 0 Å². The van der Waals surface area contributed by atoms with Crippen molar-refractivity contribution in [1.29, 1.82) is 0 Å². The second-order valence-corrected chi connectivity index (χ2v) is 3.00. The molecule has 0 aromatic heterocycles. The van der Waals surface area contributed by atoms with Crippen molar-refractivity contribution in [3.63, 3.8) is 0 Å². The third-order valence-electron chi connectivity index (χ3n) is 1.82. The van der Waals surface area contributed by atoms with Gasteiger partial charge in [0.05, 0.1) is 5.56 Å². The predicted molar refractivity (Wildman–Crippen MR) is 44.0 cm³/mol. The van der Waals surface area contributed by atoms with E-state index in [0.29, 0.717) is 6.07 Å². The van der Waals surface area contributed by atoms with Gasteiger partial charge in [-0.15, -0.1) is 0 Å². The van der Waals surface area contributed by atoms with Gasteiger partial charge in [0.15, 0.2) is 0 Å². The minimum atomic E-state index is -4.67. The van der Waals surface area contributed by atoms with E-state index in [1.165, 1.54) is 13.0 Å². The SMILES string of the molecule is C[C@H](N)c1cccc(C(F)(F)F)c1F. The molecular formula is C9H9F4N. The Labute approximate surface area is 78.5 Å². The van der Waals surface area contributed by atoms with Gasteiger partial charge in [-0.1, -0.05) is 12.1 Å². The summed E-state index contributed by atoms with van der Waals surface area (Å²) in [7, 11) is 0. The van der Waals surface area contributed by atoms with Crippen LogP contribution in [0.15, 0.2) is 18.2 Å². The molecule has 0 unspecified atom stereocenters. The van der Waals surface area contributed by atoms with Crippen molar-refractivity contribution in [3.8, 4) is 0 Å². The molecule has 0 aliphatic carbocycles. The molecule has 0 bridgehead atoms. The predicted octanol–water partition coefficient (Wildman–Crippen LogP) is 2.86. The molecule has 0 radical (unpaired) electrons. The lowest BCUT2D eigenvalue weighted by Gasteiger charge is -2.12. The molecule has 0 saturated carbocycles. The second kappa shape index (κ2) is 3.57. The van der Waals surface area contributed by atoms with Gasteiger partial charge >= 0.3 is 6.18 Å². The van der Waals surface area contributed by atoms with Crippen molar-refractivity contribution in [2.24, 2.45) is 5.73 Å². The molecule has 1 nitrogen and oxygen atoms in total. The molecule has 5 heteroatoms. The van der Waals surface area contributed by atoms with Crippen molar-refractivity contribution in [1.82, 2.24) is 0 Å². The normalized spacial score (nSPS) is 14.1. The largest absolute Gasteiger partial charge is 0.419 e. The number of hydrogen-bond donors (Lipinski definition) is 1. The van der Waals surface area contributed by atoms with Gasteiger partial charge in [0.25, 0.3) is 0 Å². The fraction of sp³-hybridized carbons (Fsp3) is 0.333. The Morgan fingerprint density at radius 1 is 1.29 bits per heavy atom. The summed E-state index contributed by atoms with van der Waals surface area (Å²) < 4.78 is 49.9. The van der Waals surface area contributed by atoms with Crippen LogP contribution in [0.2, 0.25) is 0 Å². The van der Waals surface area contributed by atoms with Crippen LogP contribution in [0.4, 0.5) is 17.6 Å². The molecule has 0 aliphatic rings. The summed E-state index contributed by atoms with van der Waals surface area (Å²) in [6.07, 6.45) is -4.67. The van der Waals surface area contributed by atoms with E-state index in [1.807, 2.05) is 0 Å². The molecule has 14 heavy (non-hydrogen) atoms. The lowest BCUT2D eigenvalue weighted by Crippen LogP contribution is -2.14. The zero-order valence-electron chi connectivity index (χ0n) is 7.40. The summed E-state index contributed by atoms with van der Waals surface area (Å²) in [5.74, 6) is -1.28. The van der Waals surface area contributed by atoms with E-state index >= 15 is 0 Å². The molecule has 0 amide bonds. The average Bonchev–Trinajstić information content (AvgIpc) is 2.01. The number of rotatable bonds is 1. The van der Waals surface area contributed by atoms with E-state index in [9.17, 15) is 17.6 Å². The molecule has 0 aliphatic heterocycles. The first-order valence-corrected chi connectivity index (χ1v) is 3.95. The molecule has 0 spiro atoms. The van der Waals surface area contributed by atoms with Crippen LogP contribution in [-0.2, 0) is 6.18 Å². The summed E-state index contributed by atoms with van der Waals surface area (Å²) in [6, 6.07) is 2.33. The quantitative estimate of drug-likeness (QED) is 0.704. The first kappa shape index (κ1) is 11.0. The second-order valence-electron chi connectivity index (χ2n) is 3.00. The van der Waals surface area contributed by atoms with Crippen molar-refractivity contribution in [2.45, 2.75) is 19.1 Å². The Morgan fingerprint density at radius 3 is 2.29 bits per heavy atom. The first-order chi connectivity index (χ1) is 6.34. The van der Waals surface area contributed by atoms with Crippen LogP contribution in [0.25, 0.3) is 0 Å². The number of alkyl halides is 3. The molecule has 1 aromatic rings. The monoisotopic (exact) mass is 207 g/mol. The molecule has 1 rings (SSSR count). The highest BCUT2D eigenvalue weighted by Gasteiger charge is 2.34. The zero-order chi connectivity index (χ0) is 10.9. The Hall–Kier alpha value is -1.10. The Bertz CT molecular complexity index is 330. The van der Waals surface area contributed by atoms with Gasteiger partial charge in [-0.2, -0.15) is 13.2 Å². The maximum Gasteiger partial charge on any atom is 0.419 e. The molecule has 2 N–H and O–H groups in total. The van der Waals surface area contributed by atoms with Crippen LogP contribution >= 0.6 is 0 Å². The van der Waals surface area contributed by atoms with E-state index in [1.54, 1.807) is 0 Å².